The van der Waals surface area contributed by atoms with Gasteiger partial charge in [0.05, 0.1) is 12.0 Å². The van der Waals surface area contributed by atoms with Crippen molar-refractivity contribution in [1.82, 2.24) is 0 Å². The van der Waals surface area contributed by atoms with E-state index in [2.05, 4.69) is 6.58 Å². The summed E-state index contributed by atoms with van der Waals surface area (Å²) >= 11 is 0. The van der Waals surface area contributed by atoms with Gasteiger partial charge in [-0.25, -0.2) is 4.79 Å². The summed E-state index contributed by atoms with van der Waals surface area (Å²) in [5.41, 5.74) is 0.371. The lowest BCUT2D eigenvalue weighted by Crippen LogP contribution is -2.42. The molecule has 0 amide bonds. The Hall–Kier alpha value is -1.36. The second-order valence-corrected chi connectivity index (χ2v) is 8.32. The van der Waals surface area contributed by atoms with Gasteiger partial charge in [0.15, 0.2) is 0 Å². The standard InChI is InChI=1S/C19H26O5/c1-8(2)19(22)24-9(3)23-15-7-11-6-14(15)17-12-4-10(16(11)17)5-13(12)18(20)21/h9-17H,1,4-7H2,2-3H3,(H,20,21). The van der Waals surface area contributed by atoms with E-state index < -0.39 is 18.2 Å². The summed E-state index contributed by atoms with van der Waals surface area (Å²) in [4.78, 5) is 23.2. The molecule has 5 nitrogen and oxygen atoms in total. The number of fused-ring (bicyclic) bond motifs is 9. The highest BCUT2D eigenvalue weighted by molar-refractivity contribution is 5.86. The van der Waals surface area contributed by atoms with Crippen molar-refractivity contribution in [3.63, 3.8) is 0 Å². The van der Waals surface area contributed by atoms with Crippen molar-refractivity contribution in [1.29, 1.82) is 0 Å². The van der Waals surface area contributed by atoms with Crippen LogP contribution in [0.5, 0.6) is 0 Å². The lowest BCUT2D eigenvalue weighted by atomic mass is 9.67. The minimum Gasteiger partial charge on any atom is -0.481 e. The smallest absolute Gasteiger partial charge is 0.335 e. The van der Waals surface area contributed by atoms with Crippen LogP contribution in [0.25, 0.3) is 0 Å². The molecule has 132 valence electrons. The lowest BCUT2D eigenvalue weighted by molar-refractivity contribution is -0.191. The highest BCUT2D eigenvalue weighted by atomic mass is 16.7. The van der Waals surface area contributed by atoms with E-state index in [1.807, 2.05) is 0 Å². The molecule has 0 aromatic rings. The summed E-state index contributed by atoms with van der Waals surface area (Å²) in [7, 11) is 0. The number of esters is 1. The molecule has 0 saturated heterocycles. The molecule has 4 bridgehead atoms. The molecule has 4 fully saturated rings. The maximum atomic E-state index is 11.6. The van der Waals surface area contributed by atoms with Gasteiger partial charge in [-0.3, -0.25) is 4.79 Å². The number of hydrogen-bond donors (Lipinski definition) is 1. The maximum absolute atomic E-state index is 11.6. The zero-order chi connectivity index (χ0) is 17.2. The molecule has 9 unspecified atom stereocenters. The summed E-state index contributed by atoms with van der Waals surface area (Å²) in [6.45, 7) is 6.97. The van der Waals surface area contributed by atoms with Crippen LogP contribution in [-0.4, -0.2) is 29.4 Å². The molecule has 0 radical (unpaired) electrons. The Morgan fingerprint density at radius 1 is 1.08 bits per heavy atom. The first-order valence-corrected chi connectivity index (χ1v) is 9.11. The fourth-order valence-corrected chi connectivity index (χ4v) is 6.51. The minimum absolute atomic E-state index is 0.0953. The summed E-state index contributed by atoms with van der Waals surface area (Å²) < 4.78 is 11.3. The van der Waals surface area contributed by atoms with Crippen molar-refractivity contribution < 1.29 is 24.2 Å². The van der Waals surface area contributed by atoms with Gasteiger partial charge in [-0.2, -0.15) is 0 Å². The van der Waals surface area contributed by atoms with Crippen LogP contribution in [0.15, 0.2) is 12.2 Å². The normalized spacial score (nSPS) is 45.9. The molecule has 24 heavy (non-hydrogen) atoms. The topological polar surface area (TPSA) is 72.8 Å². The van der Waals surface area contributed by atoms with E-state index in [0.717, 1.165) is 25.7 Å². The second-order valence-electron chi connectivity index (χ2n) is 8.32. The average Bonchev–Trinajstić information content (AvgIpc) is 3.23. The summed E-state index contributed by atoms with van der Waals surface area (Å²) in [6.07, 6.45) is 3.67. The number of hydrogen-bond acceptors (Lipinski definition) is 4. The zero-order valence-electron chi connectivity index (χ0n) is 14.3. The fourth-order valence-electron chi connectivity index (χ4n) is 6.51. The number of ether oxygens (including phenoxy) is 2. The molecule has 1 N–H and O–H groups in total. The second kappa shape index (κ2) is 5.58. The number of carboxylic acids is 1. The van der Waals surface area contributed by atoms with E-state index in [4.69, 9.17) is 9.47 Å². The van der Waals surface area contributed by atoms with Crippen molar-refractivity contribution in [3.05, 3.63) is 12.2 Å². The summed E-state index contributed by atoms with van der Waals surface area (Å²) in [5.74, 6) is 2.04. The Balaban J connectivity index is 1.42. The van der Waals surface area contributed by atoms with Gasteiger partial charge >= 0.3 is 11.9 Å². The quantitative estimate of drug-likeness (QED) is 0.362. The van der Waals surface area contributed by atoms with Gasteiger partial charge in [0.1, 0.15) is 0 Å². The first kappa shape index (κ1) is 16.1. The third kappa shape index (κ3) is 2.32. The van der Waals surface area contributed by atoms with Gasteiger partial charge in [0.25, 0.3) is 0 Å². The van der Waals surface area contributed by atoms with Crippen LogP contribution in [0.1, 0.15) is 39.5 Å². The number of rotatable bonds is 5. The van der Waals surface area contributed by atoms with Gasteiger partial charge in [-0.05, 0) is 75.0 Å². The van der Waals surface area contributed by atoms with Crippen LogP contribution >= 0.6 is 0 Å². The van der Waals surface area contributed by atoms with Gasteiger partial charge in [-0.1, -0.05) is 6.58 Å². The first-order valence-electron chi connectivity index (χ1n) is 9.11. The number of aliphatic carboxylic acids is 1. The first-order chi connectivity index (χ1) is 11.4. The number of carbonyl (C=O) groups excluding carboxylic acids is 1. The SMILES string of the molecule is C=C(C)C(=O)OC(C)OC1CC2CC1C1C3CC(CC3C(=O)O)C21. The molecule has 0 spiro atoms. The fraction of sp³-hybridized carbons (Fsp3) is 0.789. The number of carboxylic acid groups (broad SMARTS) is 1. The van der Waals surface area contributed by atoms with Crippen LogP contribution in [0.4, 0.5) is 0 Å². The third-order valence-electron chi connectivity index (χ3n) is 7.06. The Labute approximate surface area is 142 Å². The van der Waals surface area contributed by atoms with Crippen LogP contribution in [0, 0.1) is 41.4 Å². The third-order valence-corrected chi connectivity index (χ3v) is 7.06. The minimum atomic E-state index is -0.620. The maximum Gasteiger partial charge on any atom is 0.335 e. The highest BCUT2D eigenvalue weighted by Crippen LogP contribution is 2.69. The van der Waals surface area contributed by atoms with Crippen molar-refractivity contribution in [2.75, 3.05) is 0 Å². The Morgan fingerprint density at radius 2 is 1.75 bits per heavy atom. The van der Waals surface area contributed by atoms with Crippen molar-refractivity contribution >= 4 is 11.9 Å². The van der Waals surface area contributed by atoms with Crippen LogP contribution in [0.2, 0.25) is 0 Å². The predicted molar refractivity (Wildman–Crippen MR) is 85.8 cm³/mol. The van der Waals surface area contributed by atoms with Crippen molar-refractivity contribution in [2.24, 2.45) is 41.4 Å². The Kier molecular flexibility index (Phi) is 3.75. The molecule has 0 aromatic heterocycles. The molecule has 0 aliphatic heterocycles. The molecule has 9 atom stereocenters. The molecule has 4 saturated carbocycles. The van der Waals surface area contributed by atoms with E-state index in [0.29, 0.717) is 41.1 Å². The van der Waals surface area contributed by atoms with E-state index in [-0.39, 0.29) is 12.0 Å². The molecule has 4 aliphatic carbocycles. The average molecular weight is 334 g/mol. The largest absolute Gasteiger partial charge is 0.481 e. The Morgan fingerprint density at radius 3 is 2.42 bits per heavy atom. The van der Waals surface area contributed by atoms with Gasteiger partial charge in [0.2, 0.25) is 6.29 Å². The van der Waals surface area contributed by atoms with Crippen LogP contribution in [-0.2, 0) is 19.1 Å². The van der Waals surface area contributed by atoms with Crippen molar-refractivity contribution in [2.45, 2.75) is 51.9 Å². The summed E-state index contributed by atoms with van der Waals surface area (Å²) in [6, 6.07) is 0. The summed E-state index contributed by atoms with van der Waals surface area (Å²) in [5, 5.41) is 9.49. The Bertz CT molecular complexity index is 584. The predicted octanol–water partition coefficient (Wildman–Crippen LogP) is 2.85. The van der Waals surface area contributed by atoms with Crippen LogP contribution in [0.3, 0.4) is 0 Å². The van der Waals surface area contributed by atoms with E-state index >= 15 is 0 Å². The zero-order valence-corrected chi connectivity index (χ0v) is 14.3. The monoisotopic (exact) mass is 334 g/mol. The number of carbonyl (C=O) groups is 2. The van der Waals surface area contributed by atoms with Gasteiger partial charge < -0.3 is 14.6 Å². The lowest BCUT2D eigenvalue weighted by Gasteiger charge is -2.40. The molecule has 0 aromatic carbocycles. The molecular formula is C19H26O5. The molecule has 0 heterocycles. The van der Waals surface area contributed by atoms with E-state index in [9.17, 15) is 14.7 Å². The van der Waals surface area contributed by atoms with Gasteiger partial charge in [0, 0.05) is 5.57 Å². The molecule has 4 aliphatic rings. The molecular weight excluding hydrogens is 308 g/mol. The molecule has 4 rings (SSSR count). The molecule has 5 heteroatoms. The van der Waals surface area contributed by atoms with Crippen LogP contribution < -0.4 is 0 Å². The van der Waals surface area contributed by atoms with E-state index in [1.54, 1.807) is 13.8 Å². The van der Waals surface area contributed by atoms with E-state index in [1.165, 1.54) is 0 Å². The highest BCUT2D eigenvalue weighted by Gasteiger charge is 2.66. The van der Waals surface area contributed by atoms with Crippen molar-refractivity contribution in [3.8, 4) is 0 Å². The van der Waals surface area contributed by atoms with Gasteiger partial charge in [-0.15, -0.1) is 0 Å².